The molecule has 0 heterocycles. The SMILES string of the molecule is CCCCCCCCCCCCCCCCCCOc1ccc(C(Cc2ccccc2)OP(=O)(O)F)cc1. The van der Waals surface area contributed by atoms with Crippen LogP contribution >= 0.6 is 7.91 Å². The average molecular weight is 549 g/mol. The van der Waals surface area contributed by atoms with Crippen LogP contribution in [0.1, 0.15) is 127 Å². The molecule has 0 radical (unpaired) electrons. The van der Waals surface area contributed by atoms with E-state index in [1.807, 2.05) is 42.5 Å². The molecule has 2 unspecified atom stereocenters. The van der Waals surface area contributed by atoms with Gasteiger partial charge in [-0.2, -0.15) is 0 Å². The van der Waals surface area contributed by atoms with Crippen molar-refractivity contribution in [3.05, 3.63) is 65.7 Å². The van der Waals surface area contributed by atoms with Crippen molar-refractivity contribution in [2.75, 3.05) is 6.61 Å². The zero-order valence-corrected chi connectivity index (χ0v) is 24.4. The Labute approximate surface area is 231 Å². The molecule has 38 heavy (non-hydrogen) atoms. The maximum Gasteiger partial charge on any atom is 0.511 e. The fraction of sp³-hybridized carbons (Fsp3) is 0.625. The molecule has 0 bridgehead atoms. The normalized spacial score (nSPS) is 13.8. The third-order valence-corrected chi connectivity index (χ3v) is 7.55. The number of hydrogen-bond acceptors (Lipinski definition) is 3. The van der Waals surface area contributed by atoms with Crippen LogP contribution in [0.5, 0.6) is 5.75 Å². The Bertz CT molecular complexity index is 869. The molecule has 0 saturated heterocycles. The summed E-state index contributed by atoms with van der Waals surface area (Å²) < 4.78 is 35.4. The van der Waals surface area contributed by atoms with E-state index in [-0.39, 0.29) is 0 Å². The topological polar surface area (TPSA) is 55.8 Å². The van der Waals surface area contributed by atoms with Gasteiger partial charge in [0.15, 0.2) is 0 Å². The smallest absolute Gasteiger partial charge is 0.494 e. The summed E-state index contributed by atoms with van der Waals surface area (Å²) >= 11 is 0. The number of unbranched alkanes of at least 4 members (excludes halogenated alkanes) is 15. The predicted molar refractivity (Wildman–Crippen MR) is 156 cm³/mol. The van der Waals surface area contributed by atoms with E-state index in [2.05, 4.69) is 6.92 Å². The summed E-state index contributed by atoms with van der Waals surface area (Å²) in [5.74, 6) is 0.737. The molecule has 2 rings (SSSR count). The summed E-state index contributed by atoms with van der Waals surface area (Å²) in [4.78, 5) is 9.14. The van der Waals surface area contributed by atoms with Gasteiger partial charge in [0.1, 0.15) is 5.75 Å². The van der Waals surface area contributed by atoms with Gasteiger partial charge < -0.3 is 4.74 Å². The van der Waals surface area contributed by atoms with Crippen LogP contribution in [0.25, 0.3) is 0 Å². The molecule has 6 heteroatoms. The Balaban J connectivity index is 1.52. The standard InChI is InChI=1S/C32H50FO4P/c1-2-3-4-5-6-7-8-9-10-11-12-13-14-15-16-20-27-36-31-25-23-30(24-26-31)32(37-38(33,34)35)28-29-21-18-17-19-22-29/h17-19,21-26,32H,2-16,20,27-28H2,1H3,(H,34,35). The van der Waals surface area contributed by atoms with Gasteiger partial charge in [0, 0.05) is 6.42 Å². The largest absolute Gasteiger partial charge is 0.511 e. The van der Waals surface area contributed by atoms with Crippen LogP contribution in [0, 0.1) is 0 Å². The van der Waals surface area contributed by atoms with E-state index >= 15 is 0 Å². The van der Waals surface area contributed by atoms with Crippen molar-refractivity contribution in [1.29, 1.82) is 0 Å². The van der Waals surface area contributed by atoms with E-state index in [0.29, 0.717) is 18.6 Å². The van der Waals surface area contributed by atoms with Crippen LogP contribution in [-0.4, -0.2) is 11.5 Å². The molecule has 214 valence electrons. The molecule has 2 aromatic rings. The van der Waals surface area contributed by atoms with Crippen molar-refractivity contribution in [2.45, 2.75) is 122 Å². The van der Waals surface area contributed by atoms with Crippen molar-refractivity contribution in [3.63, 3.8) is 0 Å². The fourth-order valence-electron chi connectivity index (χ4n) is 4.82. The van der Waals surface area contributed by atoms with Gasteiger partial charge in [0.25, 0.3) is 0 Å². The number of hydrogen-bond donors (Lipinski definition) is 1. The Kier molecular flexibility index (Phi) is 17.3. The lowest BCUT2D eigenvalue weighted by Gasteiger charge is -2.18. The first kappa shape index (κ1) is 32.5. The van der Waals surface area contributed by atoms with Crippen molar-refractivity contribution >= 4 is 7.91 Å². The van der Waals surface area contributed by atoms with Crippen LogP contribution in [-0.2, 0) is 15.5 Å². The molecular weight excluding hydrogens is 498 g/mol. The number of ether oxygens (including phenoxy) is 1. The van der Waals surface area contributed by atoms with Gasteiger partial charge >= 0.3 is 7.91 Å². The third kappa shape index (κ3) is 16.3. The van der Waals surface area contributed by atoms with E-state index in [0.717, 1.165) is 17.7 Å². The molecule has 0 aromatic heterocycles. The minimum Gasteiger partial charge on any atom is -0.494 e. The quantitative estimate of drug-likeness (QED) is 0.111. The zero-order chi connectivity index (χ0) is 27.3. The molecule has 4 nitrogen and oxygen atoms in total. The molecule has 1 N–H and O–H groups in total. The number of benzene rings is 2. The highest BCUT2D eigenvalue weighted by Crippen LogP contribution is 2.49. The molecule has 0 aliphatic carbocycles. The highest BCUT2D eigenvalue weighted by Gasteiger charge is 2.26. The van der Waals surface area contributed by atoms with Crippen LogP contribution in [0.3, 0.4) is 0 Å². The van der Waals surface area contributed by atoms with Crippen LogP contribution in [0.4, 0.5) is 4.20 Å². The predicted octanol–water partition coefficient (Wildman–Crippen LogP) is 10.7. The van der Waals surface area contributed by atoms with Crippen molar-refractivity contribution in [1.82, 2.24) is 0 Å². The van der Waals surface area contributed by atoms with Crippen LogP contribution in [0.2, 0.25) is 0 Å². The number of halogens is 1. The summed E-state index contributed by atoms with van der Waals surface area (Å²) in [6.45, 7) is 2.94. The van der Waals surface area contributed by atoms with E-state index in [1.165, 1.54) is 96.3 Å². The lowest BCUT2D eigenvalue weighted by molar-refractivity contribution is 0.153. The average Bonchev–Trinajstić information content (AvgIpc) is 2.90. The Hall–Kier alpha value is -1.68. The maximum absolute atomic E-state index is 13.4. The lowest BCUT2D eigenvalue weighted by Crippen LogP contribution is -2.06. The molecule has 2 atom stereocenters. The van der Waals surface area contributed by atoms with Gasteiger partial charge in [-0.15, -0.1) is 4.20 Å². The van der Waals surface area contributed by atoms with E-state index in [9.17, 15) is 8.76 Å². The molecule has 0 amide bonds. The van der Waals surface area contributed by atoms with Crippen molar-refractivity contribution in [3.8, 4) is 5.75 Å². The van der Waals surface area contributed by atoms with Gasteiger partial charge in [-0.3, -0.25) is 9.42 Å². The monoisotopic (exact) mass is 548 g/mol. The molecule has 2 aromatic carbocycles. The molecule has 0 aliphatic rings. The van der Waals surface area contributed by atoms with Crippen LogP contribution < -0.4 is 4.74 Å². The summed E-state index contributed by atoms with van der Waals surface area (Å²) in [5.41, 5.74) is 1.53. The Morgan fingerprint density at radius 2 is 1.18 bits per heavy atom. The minimum absolute atomic E-state index is 0.300. The van der Waals surface area contributed by atoms with Gasteiger partial charge in [0.2, 0.25) is 0 Å². The highest BCUT2D eigenvalue weighted by molar-refractivity contribution is 7.46. The molecule has 0 spiro atoms. The number of rotatable bonds is 23. The van der Waals surface area contributed by atoms with E-state index in [4.69, 9.17) is 14.2 Å². The second-order valence-electron chi connectivity index (χ2n) is 10.5. The summed E-state index contributed by atoms with van der Waals surface area (Å²) in [6.07, 6.45) is 20.9. The van der Waals surface area contributed by atoms with E-state index < -0.39 is 14.0 Å². The lowest BCUT2D eigenvalue weighted by atomic mass is 10.0. The van der Waals surface area contributed by atoms with Crippen molar-refractivity contribution in [2.24, 2.45) is 0 Å². The molecule has 0 aliphatic heterocycles. The summed E-state index contributed by atoms with van der Waals surface area (Å²) in [7, 11) is -5.12. The molecule has 0 fully saturated rings. The van der Waals surface area contributed by atoms with E-state index in [1.54, 1.807) is 12.1 Å². The molecular formula is C32H50FO4P. The second kappa shape index (κ2) is 20.3. The highest BCUT2D eigenvalue weighted by atomic mass is 31.2. The maximum atomic E-state index is 13.4. The zero-order valence-electron chi connectivity index (χ0n) is 23.5. The first-order valence-electron chi connectivity index (χ1n) is 15.0. The Morgan fingerprint density at radius 3 is 1.66 bits per heavy atom. The minimum atomic E-state index is -5.12. The van der Waals surface area contributed by atoms with Gasteiger partial charge in [-0.05, 0) is 29.7 Å². The van der Waals surface area contributed by atoms with Gasteiger partial charge in [-0.25, -0.2) is 4.57 Å². The Morgan fingerprint density at radius 1 is 0.711 bits per heavy atom. The van der Waals surface area contributed by atoms with Gasteiger partial charge in [0.05, 0.1) is 12.7 Å². The van der Waals surface area contributed by atoms with Gasteiger partial charge in [-0.1, -0.05) is 146 Å². The molecule has 0 saturated carbocycles. The first-order chi connectivity index (χ1) is 18.5. The third-order valence-electron chi connectivity index (χ3n) is 7.04. The second-order valence-corrected chi connectivity index (χ2v) is 11.6. The summed E-state index contributed by atoms with van der Waals surface area (Å²) in [5, 5.41) is 0. The van der Waals surface area contributed by atoms with Crippen molar-refractivity contribution < 1.29 is 22.9 Å². The first-order valence-corrected chi connectivity index (χ1v) is 16.4. The fourth-order valence-corrected chi connectivity index (χ4v) is 5.33. The van der Waals surface area contributed by atoms with Crippen LogP contribution in [0.15, 0.2) is 54.6 Å². The summed E-state index contributed by atoms with van der Waals surface area (Å²) in [6, 6.07) is 16.5.